The molecule has 32 heavy (non-hydrogen) atoms. The summed E-state index contributed by atoms with van der Waals surface area (Å²) in [5, 5.41) is 12.3. The van der Waals surface area contributed by atoms with Gasteiger partial charge in [0.2, 0.25) is 0 Å². The van der Waals surface area contributed by atoms with Crippen LogP contribution in [0, 0.1) is 0 Å². The lowest BCUT2D eigenvalue weighted by molar-refractivity contribution is 0.145. The van der Waals surface area contributed by atoms with Crippen LogP contribution in [0.3, 0.4) is 0 Å². The highest BCUT2D eigenvalue weighted by molar-refractivity contribution is 6.09. The lowest BCUT2D eigenvalue weighted by Gasteiger charge is -2.32. The fraction of sp³-hybridized carbons (Fsp3) is 0.357. The normalized spacial score (nSPS) is 19.1. The standard InChI is InChI=1S/C28H29NO3/c1-28(2)22-7-5-4-6-20(22)24-21-16-17(29-13-10-18(30)11-14-29)8-9-19(21)27-25(26(24)28)23(31-3)12-15-32-27/h4-9,12,16,18,30H,10-11,13-15H2,1-3H3. The maximum Gasteiger partial charge on any atom is 0.138 e. The molecule has 2 heterocycles. The number of hydrogen-bond acceptors (Lipinski definition) is 4. The van der Waals surface area contributed by atoms with Crippen LogP contribution in [-0.2, 0) is 10.2 Å². The number of fused-ring (bicyclic) bond motifs is 8. The van der Waals surface area contributed by atoms with E-state index in [0.29, 0.717) is 6.61 Å². The number of hydrogen-bond donors (Lipinski definition) is 1. The molecular weight excluding hydrogens is 398 g/mol. The zero-order valence-electron chi connectivity index (χ0n) is 18.9. The number of aliphatic hydroxyl groups is 1. The van der Waals surface area contributed by atoms with Crippen molar-refractivity contribution in [2.75, 3.05) is 31.7 Å². The molecule has 1 fully saturated rings. The van der Waals surface area contributed by atoms with E-state index in [1.165, 1.54) is 33.3 Å². The topological polar surface area (TPSA) is 41.9 Å². The fourth-order valence-corrected chi connectivity index (χ4v) is 5.92. The third kappa shape index (κ3) is 2.65. The van der Waals surface area contributed by atoms with Crippen molar-refractivity contribution in [1.82, 2.24) is 0 Å². The van der Waals surface area contributed by atoms with Gasteiger partial charge < -0.3 is 19.5 Å². The zero-order valence-corrected chi connectivity index (χ0v) is 18.9. The van der Waals surface area contributed by atoms with E-state index in [4.69, 9.17) is 9.47 Å². The third-order valence-electron chi connectivity index (χ3n) is 7.53. The van der Waals surface area contributed by atoms with Gasteiger partial charge in [0.25, 0.3) is 0 Å². The molecule has 1 N–H and O–H groups in total. The second-order valence-corrected chi connectivity index (χ2v) is 9.66. The Morgan fingerprint density at radius 3 is 2.59 bits per heavy atom. The molecule has 4 nitrogen and oxygen atoms in total. The predicted molar refractivity (Wildman–Crippen MR) is 129 cm³/mol. The van der Waals surface area contributed by atoms with Crippen molar-refractivity contribution >= 4 is 22.2 Å². The molecular formula is C28H29NO3. The number of methoxy groups -OCH3 is 1. The van der Waals surface area contributed by atoms with Crippen molar-refractivity contribution in [2.45, 2.75) is 38.2 Å². The Balaban J connectivity index is 1.68. The van der Waals surface area contributed by atoms with Crippen molar-refractivity contribution in [2.24, 2.45) is 0 Å². The molecule has 3 aromatic rings. The van der Waals surface area contributed by atoms with Gasteiger partial charge in [-0.05, 0) is 64.8 Å². The molecule has 1 aliphatic carbocycles. The van der Waals surface area contributed by atoms with Crippen LogP contribution in [0.25, 0.3) is 27.7 Å². The average Bonchev–Trinajstić information content (AvgIpc) is 3.06. The predicted octanol–water partition coefficient (Wildman–Crippen LogP) is 5.49. The number of anilines is 1. The Morgan fingerprint density at radius 1 is 1.03 bits per heavy atom. The largest absolute Gasteiger partial charge is 0.496 e. The summed E-state index contributed by atoms with van der Waals surface area (Å²) in [7, 11) is 1.75. The van der Waals surface area contributed by atoms with E-state index in [-0.39, 0.29) is 11.5 Å². The average molecular weight is 428 g/mol. The molecule has 0 spiro atoms. The molecule has 1 saturated heterocycles. The molecule has 0 atom stereocenters. The van der Waals surface area contributed by atoms with Gasteiger partial charge in [-0.25, -0.2) is 0 Å². The fourth-order valence-electron chi connectivity index (χ4n) is 5.92. The Kier molecular flexibility index (Phi) is 4.31. The molecule has 0 unspecified atom stereocenters. The smallest absolute Gasteiger partial charge is 0.138 e. The summed E-state index contributed by atoms with van der Waals surface area (Å²) in [6.45, 7) is 6.90. The number of ether oxygens (including phenoxy) is 2. The van der Waals surface area contributed by atoms with E-state index in [1.54, 1.807) is 7.11 Å². The molecule has 0 saturated carbocycles. The van der Waals surface area contributed by atoms with Crippen LogP contribution < -0.4 is 9.64 Å². The minimum absolute atomic E-state index is 0.159. The van der Waals surface area contributed by atoms with Crippen LogP contribution in [0.4, 0.5) is 5.69 Å². The molecule has 3 aromatic carbocycles. The van der Waals surface area contributed by atoms with E-state index < -0.39 is 0 Å². The van der Waals surface area contributed by atoms with Gasteiger partial charge in [0, 0.05) is 29.6 Å². The van der Waals surface area contributed by atoms with E-state index >= 15 is 0 Å². The second-order valence-electron chi connectivity index (χ2n) is 9.66. The maximum atomic E-state index is 9.96. The molecule has 4 heteroatoms. The van der Waals surface area contributed by atoms with Gasteiger partial charge in [-0.2, -0.15) is 0 Å². The van der Waals surface area contributed by atoms with E-state index in [1.807, 2.05) is 6.08 Å². The molecule has 0 aromatic heterocycles. The molecule has 164 valence electrons. The summed E-state index contributed by atoms with van der Waals surface area (Å²) < 4.78 is 12.1. The minimum atomic E-state index is -0.177. The van der Waals surface area contributed by atoms with Crippen molar-refractivity contribution < 1.29 is 14.6 Å². The lowest BCUT2D eigenvalue weighted by atomic mass is 9.78. The highest BCUT2D eigenvalue weighted by atomic mass is 16.5. The summed E-state index contributed by atoms with van der Waals surface area (Å²) in [4.78, 5) is 2.39. The van der Waals surface area contributed by atoms with E-state index in [2.05, 4.69) is 61.2 Å². The maximum absolute atomic E-state index is 9.96. The Bertz CT molecular complexity index is 1270. The monoisotopic (exact) mass is 427 g/mol. The van der Waals surface area contributed by atoms with Crippen molar-refractivity contribution in [3.63, 3.8) is 0 Å². The van der Waals surface area contributed by atoms with Gasteiger partial charge in [-0.1, -0.05) is 38.1 Å². The first-order chi connectivity index (χ1) is 15.5. The summed E-state index contributed by atoms with van der Waals surface area (Å²) >= 11 is 0. The van der Waals surface area contributed by atoms with Crippen LogP contribution in [0.1, 0.15) is 43.4 Å². The highest BCUT2D eigenvalue weighted by Crippen LogP contribution is 2.57. The minimum Gasteiger partial charge on any atom is -0.496 e. The molecule has 6 rings (SSSR count). The quantitative estimate of drug-likeness (QED) is 0.587. The van der Waals surface area contributed by atoms with E-state index in [9.17, 15) is 5.11 Å². The van der Waals surface area contributed by atoms with Crippen molar-refractivity contribution in [1.29, 1.82) is 0 Å². The van der Waals surface area contributed by atoms with Gasteiger partial charge >= 0.3 is 0 Å². The molecule has 2 aliphatic heterocycles. The first-order valence-electron chi connectivity index (χ1n) is 11.5. The Morgan fingerprint density at radius 2 is 1.81 bits per heavy atom. The summed E-state index contributed by atoms with van der Waals surface area (Å²) in [6.07, 6.45) is 3.51. The van der Waals surface area contributed by atoms with Crippen LogP contribution >= 0.6 is 0 Å². The molecule has 0 bridgehead atoms. The zero-order chi connectivity index (χ0) is 22.0. The number of benzene rings is 3. The summed E-state index contributed by atoms with van der Waals surface area (Å²) in [6, 6.07) is 15.5. The van der Waals surface area contributed by atoms with Crippen LogP contribution in [0.2, 0.25) is 0 Å². The van der Waals surface area contributed by atoms with Gasteiger partial charge in [0.1, 0.15) is 18.1 Å². The molecule has 3 aliphatic rings. The van der Waals surface area contributed by atoms with Gasteiger partial charge in [0.05, 0.1) is 18.8 Å². The Hall–Kier alpha value is -2.98. The Labute approximate surface area is 189 Å². The summed E-state index contributed by atoms with van der Waals surface area (Å²) in [5.74, 6) is 1.83. The van der Waals surface area contributed by atoms with Gasteiger partial charge in [-0.15, -0.1) is 0 Å². The number of rotatable bonds is 2. The van der Waals surface area contributed by atoms with Crippen LogP contribution in [0.15, 0.2) is 48.5 Å². The lowest BCUT2D eigenvalue weighted by Crippen LogP contribution is -2.35. The number of piperidine rings is 1. The van der Waals surface area contributed by atoms with Gasteiger partial charge in [0.15, 0.2) is 0 Å². The van der Waals surface area contributed by atoms with Crippen LogP contribution in [0.5, 0.6) is 5.75 Å². The number of nitrogens with zero attached hydrogens (tertiary/aromatic N) is 1. The van der Waals surface area contributed by atoms with Crippen LogP contribution in [-0.4, -0.2) is 38.0 Å². The third-order valence-corrected chi connectivity index (χ3v) is 7.53. The highest BCUT2D eigenvalue weighted by Gasteiger charge is 2.42. The SMILES string of the molecule is COC1=CCOc2c1c1c(c3cc(N4CCC(O)CC4)ccc23)-c2ccccc2C1(C)C. The first kappa shape index (κ1) is 19.7. The van der Waals surface area contributed by atoms with E-state index in [0.717, 1.165) is 48.4 Å². The van der Waals surface area contributed by atoms with Crippen molar-refractivity contribution in [3.05, 3.63) is 65.2 Å². The first-order valence-corrected chi connectivity index (χ1v) is 11.5. The number of aliphatic hydroxyl groups excluding tert-OH is 1. The van der Waals surface area contributed by atoms with Crippen molar-refractivity contribution in [3.8, 4) is 16.9 Å². The molecule has 0 amide bonds. The van der Waals surface area contributed by atoms with Gasteiger partial charge in [-0.3, -0.25) is 0 Å². The second kappa shape index (κ2) is 7.01. The summed E-state index contributed by atoms with van der Waals surface area (Å²) in [5.41, 5.74) is 7.38. The molecule has 0 radical (unpaired) electrons.